The molecule has 0 aromatic carbocycles. The predicted octanol–water partition coefficient (Wildman–Crippen LogP) is 3.50. The van der Waals surface area contributed by atoms with Crippen LogP contribution < -0.4 is 0 Å². The molecule has 0 bridgehead atoms. The molecule has 2 N–H and O–H groups in total. The topological polar surface area (TPSA) is 190 Å². The van der Waals surface area contributed by atoms with Crippen molar-refractivity contribution in [3.05, 3.63) is 0 Å². The molecule has 1 aliphatic rings. The summed E-state index contributed by atoms with van der Waals surface area (Å²) in [4.78, 5) is 82.3. The van der Waals surface area contributed by atoms with Gasteiger partial charge in [0.15, 0.2) is 0 Å². The first-order chi connectivity index (χ1) is 22.9. The minimum Gasteiger partial charge on any atom is -0.481 e. The third-order valence-electron chi connectivity index (χ3n) is 7.50. The Bertz CT molecular complexity index is 1150. The van der Waals surface area contributed by atoms with Gasteiger partial charge in [-0.25, -0.2) is 0 Å². The quantitative estimate of drug-likeness (QED) is 0.184. The average Bonchev–Trinajstić information content (AvgIpc) is 3.02. The van der Waals surface area contributed by atoms with Crippen molar-refractivity contribution >= 4 is 35.8 Å². The van der Waals surface area contributed by atoms with Crippen molar-refractivity contribution < 1.29 is 57.9 Å². The van der Waals surface area contributed by atoms with Gasteiger partial charge in [-0.15, -0.1) is 0 Å². The van der Waals surface area contributed by atoms with E-state index in [1.54, 1.807) is 105 Å². The third kappa shape index (κ3) is 19.2. The molecular weight excluding hydrogens is 666 g/mol. The fourth-order valence-corrected chi connectivity index (χ4v) is 5.88. The molecule has 0 radical (unpaired) electrons. The number of carbonyl (C=O) groups excluding carboxylic acids is 4. The zero-order valence-corrected chi connectivity index (χ0v) is 33.0. The van der Waals surface area contributed by atoms with Crippen LogP contribution in [0.15, 0.2) is 0 Å². The van der Waals surface area contributed by atoms with E-state index in [0.29, 0.717) is 0 Å². The Kier molecular flexibility index (Phi) is 16.1. The first kappa shape index (κ1) is 45.7. The number of ether oxygens (including phenoxy) is 4. The van der Waals surface area contributed by atoms with Crippen LogP contribution in [0, 0.1) is 0 Å². The molecule has 0 aromatic heterocycles. The number of nitrogens with zero attached hydrogens (tertiary/aromatic N) is 3. The molecule has 1 rings (SSSR count). The maximum atomic E-state index is 13.4. The monoisotopic (exact) mass is 729 g/mol. The number of carboxylic acids is 2. The summed E-state index contributed by atoms with van der Waals surface area (Å²) in [5.41, 5.74) is -4.54. The number of esters is 4. The molecule has 0 amide bonds. The van der Waals surface area contributed by atoms with Crippen LogP contribution in [0.4, 0.5) is 0 Å². The lowest BCUT2D eigenvalue weighted by Crippen LogP contribution is -2.62. The first-order valence-electron chi connectivity index (χ1n) is 17.4. The van der Waals surface area contributed by atoms with E-state index in [0.717, 1.165) is 0 Å². The van der Waals surface area contributed by atoms with Gasteiger partial charge in [-0.2, -0.15) is 0 Å². The summed E-state index contributed by atoms with van der Waals surface area (Å²) < 4.78 is 22.3. The van der Waals surface area contributed by atoms with Crippen LogP contribution in [0.2, 0.25) is 0 Å². The van der Waals surface area contributed by atoms with E-state index in [1.165, 1.54) is 0 Å². The zero-order valence-electron chi connectivity index (χ0n) is 33.0. The van der Waals surface area contributed by atoms with E-state index >= 15 is 0 Å². The lowest BCUT2D eigenvalue weighted by molar-refractivity contribution is -0.163. The molecule has 294 valence electrons. The van der Waals surface area contributed by atoms with Crippen molar-refractivity contribution in [2.24, 2.45) is 0 Å². The van der Waals surface area contributed by atoms with Gasteiger partial charge in [0.05, 0.1) is 38.8 Å². The standard InChI is InChI=1S/C36H63N3O12/c1-32(2,3)48-28(44)18-24(16-26(40)41)37-14-15-38(25(17-27(42)43)19-29(45)49-33(4,5)6)23-36(13,22-37)39(20-30(46)50-34(7,8)9)21-31(47)51-35(10,11)12/h24-25H,14-23H2,1-13H3,(H,40,41)(H,42,43). The van der Waals surface area contributed by atoms with Gasteiger partial charge >= 0.3 is 35.8 Å². The molecule has 0 spiro atoms. The second kappa shape index (κ2) is 18.0. The Hall–Kier alpha value is -3.30. The Morgan fingerprint density at radius 1 is 0.549 bits per heavy atom. The van der Waals surface area contributed by atoms with Gasteiger partial charge in [-0.1, -0.05) is 0 Å². The maximum Gasteiger partial charge on any atom is 0.320 e. The summed E-state index contributed by atoms with van der Waals surface area (Å²) in [7, 11) is 0. The molecule has 0 aromatic rings. The fraction of sp³-hybridized carbons (Fsp3) is 0.833. The summed E-state index contributed by atoms with van der Waals surface area (Å²) in [6.07, 6.45) is -1.39. The third-order valence-corrected chi connectivity index (χ3v) is 7.50. The lowest BCUT2D eigenvalue weighted by atomic mass is 9.95. The zero-order chi connectivity index (χ0) is 39.8. The van der Waals surface area contributed by atoms with Gasteiger partial charge in [0, 0.05) is 43.8 Å². The highest BCUT2D eigenvalue weighted by Crippen LogP contribution is 2.29. The number of hydrogen-bond acceptors (Lipinski definition) is 13. The lowest BCUT2D eigenvalue weighted by Gasteiger charge is -2.45. The molecule has 51 heavy (non-hydrogen) atoms. The second-order valence-corrected chi connectivity index (χ2v) is 17.6. The maximum absolute atomic E-state index is 13.4. The fourth-order valence-electron chi connectivity index (χ4n) is 5.88. The Balaban J connectivity index is 3.85. The highest BCUT2D eigenvalue weighted by atomic mass is 16.6. The van der Waals surface area contributed by atoms with Crippen LogP contribution in [0.3, 0.4) is 0 Å². The van der Waals surface area contributed by atoms with Crippen molar-refractivity contribution in [3.63, 3.8) is 0 Å². The molecule has 2 atom stereocenters. The highest BCUT2D eigenvalue weighted by molar-refractivity contribution is 5.76. The molecule has 0 saturated carbocycles. The average molecular weight is 730 g/mol. The van der Waals surface area contributed by atoms with Gasteiger partial charge in [0.1, 0.15) is 22.4 Å². The van der Waals surface area contributed by atoms with Gasteiger partial charge in [-0.05, 0) is 90.0 Å². The predicted molar refractivity (Wildman–Crippen MR) is 188 cm³/mol. The number of rotatable bonds is 15. The van der Waals surface area contributed by atoms with E-state index in [-0.39, 0.29) is 52.1 Å². The smallest absolute Gasteiger partial charge is 0.320 e. The van der Waals surface area contributed by atoms with Crippen molar-refractivity contribution in [1.82, 2.24) is 14.7 Å². The number of carbonyl (C=O) groups is 6. The Labute approximate surface area is 303 Å². The first-order valence-corrected chi connectivity index (χ1v) is 17.4. The highest BCUT2D eigenvalue weighted by Gasteiger charge is 2.45. The van der Waals surface area contributed by atoms with Crippen LogP contribution in [-0.4, -0.2) is 140 Å². The molecule has 0 aliphatic carbocycles. The molecule has 15 nitrogen and oxygen atoms in total. The van der Waals surface area contributed by atoms with E-state index < -0.39 is 88.7 Å². The molecule has 2 unspecified atom stereocenters. The summed E-state index contributed by atoms with van der Waals surface area (Å²) >= 11 is 0. The second-order valence-electron chi connectivity index (χ2n) is 17.6. The molecular formula is C36H63N3O12. The summed E-state index contributed by atoms with van der Waals surface area (Å²) in [6, 6.07) is -1.74. The summed E-state index contributed by atoms with van der Waals surface area (Å²) in [6.45, 7) is 21.9. The van der Waals surface area contributed by atoms with E-state index in [2.05, 4.69) is 0 Å². The number of aliphatic carboxylic acids is 2. The summed E-state index contributed by atoms with van der Waals surface area (Å²) in [5.74, 6) is -4.80. The normalized spacial score (nSPS) is 19.4. The van der Waals surface area contributed by atoms with Crippen molar-refractivity contribution in [3.8, 4) is 0 Å². The molecule has 1 fully saturated rings. The largest absolute Gasteiger partial charge is 0.481 e. The van der Waals surface area contributed by atoms with E-state index in [9.17, 15) is 39.0 Å². The van der Waals surface area contributed by atoms with E-state index in [4.69, 9.17) is 18.9 Å². The van der Waals surface area contributed by atoms with Crippen molar-refractivity contribution in [2.45, 2.75) is 156 Å². The Morgan fingerprint density at radius 2 is 0.824 bits per heavy atom. The molecule has 1 heterocycles. The van der Waals surface area contributed by atoms with Gasteiger partial charge in [-0.3, -0.25) is 43.5 Å². The number of carboxylic acid groups (broad SMARTS) is 2. The van der Waals surface area contributed by atoms with Crippen molar-refractivity contribution in [1.29, 1.82) is 0 Å². The molecule has 1 aliphatic heterocycles. The van der Waals surface area contributed by atoms with Gasteiger partial charge in [0.2, 0.25) is 0 Å². The SMILES string of the molecule is CC(C)(C)OC(=O)CC(CC(=O)O)N1CCN(C(CC(=O)O)CC(=O)OC(C)(C)C)CC(C)(N(CC(=O)OC(C)(C)C)CC(=O)OC(C)(C)C)C1. The minimum atomic E-state index is -1.19. The minimum absolute atomic E-state index is 0.0437. The van der Waals surface area contributed by atoms with Gasteiger partial charge in [0.25, 0.3) is 0 Å². The Morgan fingerprint density at radius 3 is 1.08 bits per heavy atom. The van der Waals surface area contributed by atoms with Crippen molar-refractivity contribution in [2.75, 3.05) is 39.3 Å². The number of hydrogen-bond donors (Lipinski definition) is 2. The van der Waals surface area contributed by atoms with Crippen LogP contribution in [0.25, 0.3) is 0 Å². The van der Waals surface area contributed by atoms with Crippen LogP contribution >= 0.6 is 0 Å². The van der Waals surface area contributed by atoms with Crippen LogP contribution in [0.1, 0.15) is 116 Å². The molecule has 1 saturated heterocycles. The summed E-state index contributed by atoms with van der Waals surface area (Å²) in [5, 5.41) is 19.8. The van der Waals surface area contributed by atoms with Crippen LogP contribution in [0.5, 0.6) is 0 Å². The van der Waals surface area contributed by atoms with Gasteiger partial charge < -0.3 is 29.2 Å². The van der Waals surface area contributed by atoms with Crippen LogP contribution in [-0.2, 0) is 47.7 Å². The van der Waals surface area contributed by atoms with E-state index in [1.807, 2.05) is 0 Å². The molecule has 15 heteroatoms.